The van der Waals surface area contributed by atoms with E-state index in [1.54, 1.807) is 35.2 Å². The first-order valence-electron chi connectivity index (χ1n) is 8.19. The van der Waals surface area contributed by atoms with Crippen molar-refractivity contribution in [2.75, 3.05) is 16.2 Å². The Bertz CT molecular complexity index is 1210. The highest BCUT2D eigenvalue weighted by molar-refractivity contribution is 7.92. The van der Waals surface area contributed by atoms with Gasteiger partial charge in [0.1, 0.15) is 10.7 Å². The lowest BCUT2D eigenvalue weighted by Crippen LogP contribution is -2.25. The van der Waals surface area contributed by atoms with Gasteiger partial charge in [0, 0.05) is 27.9 Å². The van der Waals surface area contributed by atoms with Gasteiger partial charge in [-0.2, -0.15) is 0 Å². The largest absolute Gasteiger partial charge is 0.308 e. The lowest BCUT2D eigenvalue weighted by atomic mass is 10.0. The van der Waals surface area contributed by atoms with E-state index < -0.39 is 20.7 Å². The Balaban J connectivity index is 1.85. The summed E-state index contributed by atoms with van der Waals surface area (Å²) in [4.78, 5) is 13.7. The average Bonchev–Trinajstić information content (AvgIpc) is 2.90. The van der Waals surface area contributed by atoms with Crippen molar-refractivity contribution in [3.8, 4) is 0 Å². The van der Waals surface area contributed by atoms with E-state index >= 15 is 0 Å². The summed E-state index contributed by atoms with van der Waals surface area (Å²) in [7, 11) is -4.17. The summed E-state index contributed by atoms with van der Waals surface area (Å²) in [6.45, 7) is 2.37. The van der Waals surface area contributed by atoms with Gasteiger partial charge in [0.25, 0.3) is 15.9 Å². The number of nitrogens with one attached hydrogen (secondary N) is 1. The molecule has 1 aliphatic rings. The van der Waals surface area contributed by atoms with Crippen LogP contribution >= 0.6 is 11.6 Å². The second kappa shape index (κ2) is 6.21. The fourth-order valence-electron chi connectivity index (χ4n) is 3.34. The maximum Gasteiger partial charge on any atom is 0.264 e. The Hall–Kier alpha value is -2.64. The molecule has 1 amide bonds. The molecule has 138 valence electrons. The van der Waals surface area contributed by atoms with Gasteiger partial charge in [-0.05, 0) is 43.3 Å². The average molecular weight is 405 g/mol. The molecule has 0 saturated heterocycles. The monoisotopic (exact) mass is 404 g/mol. The lowest BCUT2D eigenvalue weighted by Gasteiger charge is -2.16. The van der Waals surface area contributed by atoms with Crippen molar-refractivity contribution in [1.82, 2.24) is 0 Å². The summed E-state index contributed by atoms with van der Waals surface area (Å²) in [6, 6.07) is 11.8. The van der Waals surface area contributed by atoms with E-state index in [2.05, 4.69) is 4.72 Å². The molecule has 0 atom stereocenters. The van der Waals surface area contributed by atoms with E-state index in [4.69, 9.17) is 11.6 Å². The minimum absolute atomic E-state index is 0.106. The van der Waals surface area contributed by atoms with Crippen LogP contribution in [0.15, 0.2) is 53.4 Å². The topological polar surface area (TPSA) is 66.5 Å². The number of carbonyl (C=O) groups excluding carboxylic acids is 1. The maximum atomic E-state index is 14.1. The normalized spacial score (nSPS) is 13.4. The molecule has 0 spiro atoms. The van der Waals surface area contributed by atoms with Gasteiger partial charge in [-0.3, -0.25) is 9.52 Å². The molecule has 1 N–H and O–H groups in total. The van der Waals surface area contributed by atoms with E-state index in [9.17, 15) is 17.6 Å². The first-order chi connectivity index (χ1) is 12.8. The van der Waals surface area contributed by atoms with E-state index in [1.165, 1.54) is 6.07 Å². The number of hydrogen-bond acceptors (Lipinski definition) is 3. The van der Waals surface area contributed by atoms with Gasteiger partial charge in [-0.25, -0.2) is 12.8 Å². The molecular weight excluding hydrogens is 391 g/mol. The zero-order valence-electron chi connectivity index (χ0n) is 14.2. The predicted octanol–water partition coefficient (Wildman–Crippen LogP) is 4.41. The van der Waals surface area contributed by atoms with Crippen LogP contribution in [0.1, 0.15) is 17.3 Å². The number of halogens is 2. The third-order valence-electron chi connectivity index (χ3n) is 4.53. The van der Waals surface area contributed by atoms with Crippen LogP contribution < -0.4 is 9.62 Å². The highest BCUT2D eigenvalue weighted by Gasteiger charge is 2.30. The van der Waals surface area contributed by atoms with Crippen molar-refractivity contribution in [2.45, 2.75) is 11.8 Å². The van der Waals surface area contributed by atoms with Crippen molar-refractivity contribution in [3.05, 3.63) is 64.9 Å². The molecule has 0 fully saturated rings. The molecule has 0 saturated carbocycles. The quantitative estimate of drug-likeness (QED) is 0.700. The Morgan fingerprint density at radius 1 is 1.15 bits per heavy atom. The molecule has 0 radical (unpaired) electrons. The molecule has 3 aromatic rings. The molecule has 5 nitrogen and oxygen atoms in total. The van der Waals surface area contributed by atoms with Crippen LogP contribution in [0.4, 0.5) is 15.8 Å². The predicted molar refractivity (Wildman–Crippen MR) is 104 cm³/mol. The van der Waals surface area contributed by atoms with Crippen molar-refractivity contribution in [1.29, 1.82) is 0 Å². The van der Waals surface area contributed by atoms with E-state index in [-0.39, 0.29) is 16.6 Å². The Morgan fingerprint density at radius 2 is 1.93 bits per heavy atom. The number of nitrogens with zero attached hydrogens (tertiary/aromatic N) is 1. The minimum Gasteiger partial charge on any atom is -0.308 e. The molecule has 0 unspecified atom stereocenters. The van der Waals surface area contributed by atoms with Crippen LogP contribution in [0.2, 0.25) is 5.02 Å². The summed E-state index contributed by atoms with van der Waals surface area (Å²) in [5, 5.41) is 1.36. The zero-order valence-corrected chi connectivity index (χ0v) is 15.7. The fourth-order valence-corrected chi connectivity index (χ4v) is 4.64. The standard InChI is InChI=1S/C19H14ClFN2O3S/c1-2-23-16-8-7-15(12-4-3-5-13(18(12)16)19(23)24)22-27(25,26)17-9-6-11(20)10-14(17)21/h3-10,22H,2H2,1H3. The number of hydrogen-bond donors (Lipinski definition) is 1. The molecule has 27 heavy (non-hydrogen) atoms. The van der Waals surface area contributed by atoms with Crippen LogP contribution in [0.5, 0.6) is 0 Å². The number of sulfonamides is 1. The SMILES string of the molecule is CCN1C(=O)c2cccc3c(NS(=O)(=O)c4ccc(Cl)cc4F)ccc1c23. The molecule has 1 aliphatic heterocycles. The Morgan fingerprint density at radius 3 is 2.63 bits per heavy atom. The van der Waals surface area contributed by atoms with E-state index in [0.29, 0.717) is 22.9 Å². The van der Waals surface area contributed by atoms with Crippen LogP contribution in [-0.4, -0.2) is 20.9 Å². The van der Waals surface area contributed by atoms with Gasteiger partial charge in [-0.1, -0.05) is 23.7 Å². The van der Waals surface area contributed by atoms with Crippen molar-refractivity contribution >= 4 is 49.7 Å². The van der Waals surface area contributed by atoms with Crippen molar-refractivity contribution in [2.24, 2.45) is 0 Å². The number of amides is 1. The molecule has 3 aromatic carbocycles. The van der Waals surface area contributed by atoms with Crippen LogP contribution in [0, 0.1) is 5.82 Å². The number of rotatable bonds is 4. The summed E-state index contributed by atoms with van der Waals surface area (Å²) in [5.41, 5.74) is 1.52. The maximum absolute atomic E-state index is 14.1. The van der Waals surface area contributed by atoms with Gasteiger partial charge >= 0.3 is 0 Å². The third kappa shape index (κ3) is 2.74. The summed E-state index contributed by atoms with van der Waals surface area (Å²) >= 11 is 5.70. The van der Waals surface area contributed by atoms with Gasteiger partial charge in [0.15, 0.2) is 0 Å². The van der Waals surface area contributed by atoms with Crippen LogP contribution in [0.25, 0.3) is 10.8 Å². The molecular formula is C19H14ClFN2O3S. The van der Waals surface area contributed by atoms with Gasteiger partial charge in [-0.15, -0.1) is 0 Å². The highest BCUT2D eigenvalue weighted by Crippen LogP contribution is 2.41. The summed E-state index contributed by atoms with van der Waals surface area (Å²) in [6.07, 6.45) is 0. The first-order valence-corrected chi connectivity index (χ1v) is 10.0. The van der Waals surface area contributed by atoms with Gasteiger partial charge < -0.3 is 4.90 Å². The Labute approximate surface area is 160 Å². The molecule has 0 bridgehead atoms. The fraction of sp³-hybridized carbons (Fsp3) is 0.105. The van der Waals surface area contributed by atoms with Gasteiger partial charge in [0.2, 0.25) is 0 Å². The number of anilines is 2. The highest BCUT2D eigenvalue weighted by atomic mass is 35.5. The van der Waals surface area contributed by atoms with Crippen LogP contribution in [-0.2, 0) is 10.0 Å². The van der Waals surface area contributed by atoms with E-state index in [1.807, 2.05) is 6.92 Å². The smallest absolute Gasteiger partial charge is 0.264 e. The third-order valence-corrected chi connectivity index (χ3v) is 6.16. The minimum atomic E-state index is -4.17. The van der Waals surface area contributed by atoms with Crippen LogP contribution in [0.3, 0.4) is 0 Å². The summed E-state index contributed by atoms with van der Waals surface area (Å²) < 4.78 is 41.9. The molecule has 8 heteroatoms. The zero-order chi connectivity index (χ0) is 19.3. The summed E-state index contributed by atoms with van der Waals surface area (Å²) in [5.74, 6) is -1.06. The second-order valence-electron chi connectivity index (χ2n) is 6.09. The molecule has 1 heterocycles. The van der Waals surface area contributed by atoms with Crippen molar-refractivity contribution < 1.29 is 17.6 Å². The lowest BCUT2D eigenvalue weighted by molar-refractivity contribution is 0.0994. The molecule has 0 aromatic heterocycles. The van der Waals surface area contributed by atoms with Gasteiger partial charge in [0.05, 0.1) is 11.4 Å². The number of benzene rings is 3. The second-order valence-corrected chi connectivity index (χ2v) is 8.18. The molecule has 4 rings (SSSR count). The number of carbonyl (C=O) groups is 1. The van der Waals surface area contributed by atoms with Crippen molar-refractivity contribution in [3.63, 3.8) is 0 Å². The molecule has 0 aliphatic carbocycles. The van der Waals surface area contributed by atoms with E-state index in [0.717, 1.165) is 17.8 Å². The first kappa shape index (κ1) is 17.8. The Kier molecular flexibility index (Phi) is 4.09.